The molecule has 0 saturated heterocycles. The Bertz CT molecular complexity index is 374. The molecule has 5 heteroatoms. The van der Waals surface area contributed by atoms with Gasteiger partial charge in [-0.15, -0.1) is 0 Å². The first-order chi connectivity index (χ1) is 6.99. The molecule has 0 aliphatic heterocycles. The summed E-state index contributed by atoms with van der Waals surface area (Å²) in [6.07, 6.45) is 2.90. The largest absolute Gasteiger partial charge is 0.480 e. The smallest absolute Gasteiger partial charge is 0.328 e. The molecule has 0 bridgehead atoms. The number of carboxylic acid groups (broad SMARTS) is 1. The molecule has 5 nitrogen and oxygen atoms in total. The normalized spacial score (nSPS) is 15.1. The number of nitrogens with one attached hydrogen (secondary N) is 1. The quantitative estimate of drug-likeness (QED) is 0.789. The van der Waals surface area contributed by atoms with E-state index in [1.807, 2.05) is 0 Å². The second-order valence-electron chi connectivity index (χ2n) is 4.30. The van der Waals surface area contributed by atoms with Crippen LogP contribution < -0.4 is 5.32 Å². The van der Waals surface area contributed by atoms with Crippen molar-refractivity contribution in [1.29, 1.82) is 0 Å². The van der Waals surface area contributed by atoms with Gasteiger partial charge in [-0.1, -0.05) is 0 Å². The lowest BCUT2D eigenvalue weighted by Gasteiger charge is -2.19. The fourth-order valence-electron chi connectivity index (χ4n) is 1.56. The van der Waals surface area contributed by atoms with Crippen LogP contribution >= 0.6 is 0 Å². The Labute approximate surface area is 87.5 Å². The zero-order chi connectivity index (χ0) is 11.1. The molecule has 1 heterocycles. The molecule has 15 heavy (non-hydrogen) atoms. The van der Waals surface area contributed by atoms with Crippen molar-refractivity contribution in [2.45, 2.75) is 38.6 Å². The number of oxazole rings is 1. The van der Waals surface area contributed by atoms with Crippen molar-refractivity contribution in [1.82, 2.24) is 4.98 Å². The fourth-order valence-corrected chi connectivity index (χ4v) is 1.56. The number of carbonyl (C=O) groups is 1. The van der Waals surface area contributed by atoms with Gasteiger partial charge < -0.3 is 14.8 Å². The van der Waals surface area contributed by atoms with E-state index in [4.69, 9.17) is 9.52 Å². The molecule has 0 atom stereocenters. The minimum absolute atomic E-state index is 0.312. The maximum absolute atomic E-state index is 10.9. The highest BCUT2D eigenvalue weighted by molar-refractivity contribution is 5.80. The number of carboxylic acids is 1. The standard InChI is InChI=1S/C10H14N2O3/c1-10(2,8(13)14)12-9-11-6-4-3-5-7(6)15-9/h3-5H2,1-2H3,(H,11,12)(H,13,14). The van der Waals surface area contributed by atoms with E-state index in [1.54, 1.807) is 13.8 Å². The zero-order valence-electron chi connectivity index (χ0n) is 8.83. The second-order valence-corrected chi connectivity index (χ2v) is 4.30. The van der Waals surface area contributed by atoms with E-state index < -0.39 is 11.5 Å². The second kappa shape index (κ2) is 3.25. The molecular weight excluding hydrogens is 196 g/mol. The summed E-state index contributed by atoms with van der Waals surface area (Å²) in [7, 11) is 0. The van der Waals surface area contributed by atoms with Crippen molar-refractivity contribution < 1.29 is 14.3 Å². The van der Waals surface area contributed by atoms with Crippen LogP contribution in [0.5, 0.6) is 0 Å². The van der Waals surface area contributed by atoms with Crippen molar-refractivity contribution in [3.63, 3.8) is 0 Å². The average Bonchev–Trinajstić information content (AvgIpc) is 2.62. The topological polar surface area (TPSA) is 75.4 Å². The van der Waals surface area contributed by atoms with Gasteiger partial charge in [0.2, 0.25) is 0 Å². The molecule has 0 spiro atoms. The SMILES string of the molecule is CC(C)(Nc1nc2c(o1)CCC2)C(=O)O. The summed E-state index contributed by atoms with van der Waals surface area (Å²) in [4.78, 5) is 15.1. The van der Waals surface area contributed by atoms with Gasteiger partial charge in [-0.05, 0) is 26.7 Å². The van der Waals surface area contributed by atoms with E-state index in [1.165, 1.54) is 0 Å². The van der Waals surface area contributed by atoms with Crippen molar-refractivity contribution in [3.05, 3.63) is 11.5 Å². The number of aliphatic carboxylic acids is 1. The van der Waals surface area contributed by atoms with Gasteiger partial charge in [-0.25, -0.2) is 4.79 Å². The van der Waals surface area contributed by atoms with Crippen LogP contribution in [0.25, 0.3) is 0 Å². The summed E-state index contributed by atoms with van der Waals surface area (Å²) in [6, 6.07) is 0.312. The van der Waals surface area contributed by atoms with Crippen molar-refractivity contribution >= 4 is 12.0 Å². The van der Waals surface area contributed by atoms with Gasteiger partial charge in [0, 0.05) is 6.42 Å². The van der Waals surface area contributed by atoms with Crippen molar-refractivity contribution in [2.75, 3.05) is 5.32 Å². The molecular formula is C10H14N2O3. The van der Waals surface area contributed by atoms with E-state index >= 15 is 0 Å². The molecule has 82 valence electrons. The molecule has 1 aromatic heterocycles. The number of hydrogen-bond acceptors (Lipinski definition) is 4. The minimum Gasteiger partial charge on any atom is -0.480 e. The third-order valence-corrected chi connectivity index (χ3v) is 2.55. The van der Waals surface area contributed by atoms with Crippen LogP contribution in [0.15, 0.2) is 4.42 Å². The summed E-state index contributed by atoms with van der Waals surface area (Å²) in [6.45, 7) is 3.15. The Morgan fingerprint density at radius 1 is 1.53 bits per heavy atom. The Kier molecular flexibility index (Phi) is 2.17. The van der Waals surface area contributed by atoms with Crippen LogP contribution in [0.4, 0.5) is 6.01 Å². The Balaban J connectivity index is 2.15. The van der Waals surface area contributed by atoms with Gasteiger partial charge >= 0.3 is 5.97 Å². The minimum atomic E-state index is -1.06. The van der Waals surface area contributed by atoms with Gasteiger partial charge in [0.15, 0.2) is 0 Å². The highest BCUT2D eigenvalue weighted by Gasteiger charge is 2.29. The Morgan fingerprint density at radius 3 is 2.87 bits per heavy atom. The maximum atomic E-state index is 10.9. The van der Waals surface area contributed by atoms with E-state index in [0.717, 1.165) is 30.7 Å². The average molecular weight is 210 g/mol. The molecule has 0 radical (unpaired) electrons. The van der Waals surface area contributed by atoms with Crippen molar-refractivity contribution in [2.24, 2.45) is 0 Å². The Morgan fingerprint density at radius 2 is 2.27 bits per heavy atom. The van der Waals surface area contributed by atoms with Gasteiger partial charge in [0.1, 0.15) is 11.3 Å². The third kappa shape index (κ3) is 1.82. The predicted octanol–water partition coefficient (Wildman–Crippen LogP) is 1.44. The first-order valence-electron chi connectivity index (χ1n) is 4.99. The van der Waals surface area contributed by atoms with E-state index in [9.17, 15) is 4.79 Å². The van der Waals surface area contributed by atoms with E-state index in [2.05, 4.69) is 10.3 Å². The molecule has 0 amide bonds. The molecule has 0 saturated carbocycles. The fraction of sp³-hybridized carbons (Fsp3) is 0.600. The van der Waals surface area contributed by atoms with Crippen LogP contribution in [0, 0.1) is 0 Å². The number of aromatic nitrogens is 1. The highest BCUT2D eigenvalue weighted by Crippen LogP contribution is 2.26. The summed E-state index contributed by atoms with van der Waals surface area (Å²) >= 11 is 0. The van der Waals surface area contributed by atoms with Gasteiger partial charge in [-0.2, -0.15) is 4.98 Å². The molecule has 2 rings (SSSR count). The van der Waals surface area contributed by atoms with E-state index in [-0.39, 0.29) is 0 Å². The number of nitrogens with zero attached hydrogens (tertiary/aromatic N) is 1. The lowest BCUT2D eigenvalue weighted by molar-refractivity contribution is -0.141. The highest BCUT2D eigenvalue weighted by atomic mass is 16.4. The summed E-state index contributed by atoms with van der Waals surface area (Å²) in [5, 5.41) is 11.7. The molecule has 1 aliphatic rings. The monoisotopic (exact) mass is 210 g/mol. The summed E-state index contributed by atoms with van der Waals surface area (Å²) < 4.78 is 5.43. The molecule has 0 unspecified atom stereocenters. The van der Waals surface area contributed by atoms with Crippen LogP contribution in [0.2, 0.25) is 0 Å². The molecule has 2 N–H and O–H groups in total. The van der Waals surface area contributed by atoms with Gasteiger partial charge in [0.05, 0.1) is 5.69 Å². The Hall–Kier alpha value is -1.52. The zero-order valence-corrected chi connectivity index (χ0v) is 8.83. The number of rotatable bonds is 3. The number of aryl methyl sites for hydroxylation is 2. The van der Waals surface area contributed by atoms with Gasteiger partial charge in [-0.3, -0.25) is 0 Å². The number of hydrogen-bond donors (Lipinski definition) is 2. The molecule has 0 aromatic carbocycles. The predicted molar refractivity (Wildman–Crippen MR) is 53.9 cm³/mol. The number of fused-ring (bicyclic) bond motifs is 1. The molecule has 0 fully saturated rings. The first-order valence-corrected chi connectivity index (χ1v) is 4.99. The van der Waals surface area contributed by atoms with Crippen LogP contribution in [0.3, 0.4) is 0 Å². The lowest BCUT2D eigenvalue weighted by atomic mass is 10.1. The van der Waals surface area contributed by atoms with Crippen LogP contribution in [-0.4, -0.2) is 21.6 Å². The number of anilines is 1. The first kappa shape index (κ1) is 10.0. The van der Waals surface area contributed by atoms with Crippen molar-refractivity contribution in [3.8, 4) is 0 Å². The summed E-state index contributed by atoms with van der Waals surface area (Å²) in [5.41, 5.74) is -0.0998. The molecule has 1 aromatic rings. The lowest BCUT2D eigenvalue weighted by Crippen LogP contribution is -2.40. The van der Waals surface area contributed by atoms with Gasteiger partial charge in [0.25, 0.3) is 6.01 Å². The van der Waals surface area contributed by atoms with Crippen LogP contribution in [0.1, 0.15) is 31.7 Å². The van der Waals surface area contributed by atoms with E-state index in [0.29, 0.717) is 6.01 Å². The summed E-state index contributed by atoms with van der Waals surface area (Å²) in [5.74, 6) is -0.0421. The van der Waals surface area contributed by atoms with Crippen LogP contribution in [-0.2, 0) is 17.6 Å². The molecule has 1 aliphatic carbocycles. The third-order valence-electron chi connectivity index (χ3n) is 2.55. The maximum Gasteiger partial charge on any atom is 0.328 e.